The van der Waals surface area contributed by atoms with E-state index in [2.05, 4.69) is 11.3 Å². The molecule has 0 aromatic carbocycles. The molecule has 2 unspecified atom stereocenters. The van der Waals surface area contributed by atoms with Crippen molar-refractivity contribution in [2.24, 2.45) is 11.8 Å². The topological polar surface area (TPSA) is 121 Å². The second-order valence-electron chi connectivity index (χ2n) is 3.59. The number of aliphatic carboxylic acids is 2. The van der Waals surface area contributed by atoms with E-state index in [1.54, 1.807) is 0 Å². The minimum Gasteiger partial charge on any atom is -0.481 e. The molecule has 0 amide bonds. The highest BCUT2D eigenvalue weighted by Crippen LogP contribution is 2.19. The van der Waals surface area contributed by atoms with Gasteiger partial charge >= 0.3 is 17.9 Å². The quantitative estimate of drug-likeness (QED) is 0.487. The summed E-state index contributed by atoms with van der Waals surface area (Å²) in [7, 11) is 0. The summed E-state index contributed by atoms with van der Waals surface area (Å²) in [6.45, 7) is 3.06. The normalized spacial score (nSPS) is 19.4. The first-order valence-corrected chi connectivity index (χ1v) is 5.64. The van der Waals surface area contributed by atoms with E-state index in [4.69, 9.17) is 15.3 Å². The molecule has 1 aliphatic rings. The van der Waals surface area contributed by atoms with Crippen LogP contribution in [0.25, 0.3) is 0 Å². The number of carboxylic acid groups (broad SMARTS) is 2. The van der Waals surface area contributed by atoms with Crippen molar-refractivity contribution < 1.29 is 34.4 Å². The van der Waals surface area contributed by atoms with Crippen LogP contribution < -0.4 is 0 Å². The maximum Gasteiger partial charge on any atom is 0.330 e. The number of hydrogen-bond donors (Lipinski definition) is 3. The molecule has 0 bridgehead atoms. The molecule has 7 heteroatoms. The average Bonchev–Trinajstić information content (AvgIpc) is 2.45. The van der Waals surface area contributed by atoms with Crippen LogP contribution in [0.5, 0.6) is 0 Å². The Hall–Kier alpha value is -2.41. The van der Waals surface area contributed by atoms with Crippen LogP contribution in [0.1, 0.15) is 0 Å². The Kier molecular flexibility index (Phi) is 8.36. The van der Waals surface area contributed by atoms with Crippen molar-refractivity contribution in [2.45, 2.75) is 0 Å². The van der Waals surface area contributed by atoms with Crippen LogP contribution >= 0.6 is 0 Å². The van der Waals surface area contributed by atoms with Gasteiger partial charge in [0.2, 0.25) is 0 Å². The summed E-state index contributed by atoms with van der Waals surface area (Å²) in [5, 5.41) is 25.3. The number of allylic oxidation sites excluding steroid dienone is 2. The first-order valence-electron chi connectivity index (χ1n) is 5.64. The van der Waals surface area contributed by atoms with Crippen molar-refractivity contribution in [2.75, 3.05) is 13.2 Å². The summed E-state index contributed by atoms with van der Waals surface area (Å²) < 4.78 is 4.33. The van der Waals surface area contributed by atoms with Crippen molar-refractivity contribution in [1.29, 1.82) is 0 Å². The van der Waals surface area contributed by atoms with E-state index in [0.29, 0.717) is 0 Å². The summed E-state index contributed by atoms with van der Waals surface area (Å²) >= 11 is 0. The lowest BCUT2D eigenvalue weighted by Gasteiger charge is -2.15. The maximum atomic E-state index is 10.5. The Labute approximate surface area is 115 Å². The number of ether oxygens (including phenoxy) is 1. The Bertz CT molecular complexity index is 394. The largest absolute Gasteiger partial charge is 0.481 e. The first-order chi connectivity index (χ1) is 9.43. The van der Waals surface area contributed by atoms with E-state index in [1.807, 2.05) is 0 Å². The number of rotatable bonds is 5. The van der Waals surface area contributed by atoms with Crippen LogP contribution in [0.3, 0.4) is 0 Å². The van der Waals surface area contributed by atoms with Crippen LogP contribution in [0.4, 0.5) is 0 Å². The van der Waals surface area contributed by atoms with Gasteiger partial charge in [0.1, 0.15) is 6.61 Å². The third-order valence-electron chi connectivity index (χ3n) is 2.21. The molecule has 0 aliphatic heterocycles. The highest BCUT2D eigenvalue weighted by Gasteiger charge is 2.30. The molecule has 3 N–H and O–H groups in total. The van der Waals surface area contributed by atoms with Gasteiger partial charge in [-0.3, -0.25) is 9.59 Å². The minimum absolute atomic E-state index is 0.0465. The summed E-state index contributed by atoms with van der Waals surface area (Å²) in [4.78, 5) is 31.2. The highest BCUT2D eigenvalue weighted by molar-refractivity contribution is 5.83. The van der Waals surface area contributed by atoms with Crippen LogP contribution in [0.15, 0.2) is 37.0 Å². The molecule has 0 fully saturated rings. The van der Waals surface area contributed by atoms with Gasteiger partial charge in [-0.2, -0.15) is 0 Å². The lowest BCUT2D eigenvalue weighted by molar-refractivity contribution is -0.149. The third kappa shape index (κ3) is 6.50. The first kappa shape index (κ1) is 17.6. The highest BCUT2D eigenvalue weighted by atomic mass is 16.5. The third-order valence-corrected chi connectivity index (χ3v) is 2.21. The van der Waals surface area contributed by atoms with Crippen molar-refractivity contribution >= 4 is 17.9 Å². The fourth-order valence-corrected chi connectivity index (χ4v) is 1.28. The number of carbonyl (C=O) groups excluding carboxylic acids is 1. The molecule has 20 heavy (non-hydrogen) atoms. The van der Waals surface area contributed by atoms with Crippen LogP contribution in [-0.2, 0) is 19.1 Å². The lowest BCUT2D eigenvalue weighted by Crippen LogP contribution is -2.27. The van der Waals surface area contributed by atoms with Gasteiger partial charge in [0.05, 0.1) is 18.4 Å². The summed E-state index contributed by atoms with van der Waals surface area (Å²) in [6.07, 6.45) is 6.88. The van der Waals surface area contributed by atoms with Gasteiger partial charge < -0.3 is 20.1 Å². The number of hydrogen-bond acceptors (Lipinski definition) is 5. The lowest BCUT2D eigenvalue weighted by atomic mass is 9.89. The molecule has 1 rings (SSSR count). The summed E-state index contributed by atoms with van der Waals surface area (Å²) in [6, 6.07) is 0. The van der Waals surface area contributed by atoms with E-state index in [0.717, 1.165) is 6.08 Å². The zero-order valence-electron chi connectivity index (χ0n) is 10.6. The maximum absolute atomic E-state index is 10.5. The Morgan fingerprint density at radius 3 is 1.85 bits per heavy atom. The van der Waals surface area contributed by atoms with Crippen LogP contribution in [-0.4, -0.2) is 46.4 Å². The van der Waals surface area contributed by atoms with Crippen molar-refractivity contribution in [1.82, 2.24) is 0 Å². The van der Waals surface area contributed by atoms with E-state index in [9.17, 15) is 14.4 Å². The van der Waals surface area contributed by atoms with E-state index < -0.39 is 29.7 Å². The number of aliphatic hydroxyl groups excluding tert-OH is 1. The Balaban J connectivity index is 0.000000396. The Morgan fingerprint density at radius 2 is 1.55 bits per heavy atom. The Morgan fingerprint density at radius 1 is 1.10 bits per heavy atom. The van der Waals surface area contributed by atoms with Gasteiger partial charge in [0.25, 0.3) is 0 Å². The zero-order valence-corrected chi connectivity index (χ0v) is 10.6. The van der Waals surface area contributed by atoms with Crippen molar-refractivity contribution in [3.63, 3.8) is 0 Å². The second-order valence-corrected chi connectivity index (χ2v) is 3.59. The predicted octanol–water partition coefficient (Wildman–Crippen LogP) is 0.222. The van der Waals surface area contributed by atoms with Gasteiger partial charge in [-0.25, -0.2) is 4.79 Å². The summed E-state index contributed by atoms with van der Waals surface area (Å²) in [5.41, 5.74) is 0. The number of carbonyl (C=O) groups is 3. The van der Waals surface area contributed by atoms with Gasteiger partial charge in [0.15, 0.2) is 0 Å². The van der Waals surface area contributed by atoms with Crippen LogP contribution in [0.2, 0.25) is 0 Å². The van der Waals surface area contributed by atoms with E-state index >= 15 is 0 Å². The summed E-state index contributed by atoms with van der Waals surface area (Å²) in [5.74, 6) is -4.59. The van der Waals surface area contributed by atoms with Crippen LogP contribution in [0, 0.1) is 11.8 Å². The molecule has 7 nitrogen and oxygen atoms in total. The fourth-order valence-electron chi connectivity index (χ4n) is 1.28. The molecule has 0 radical (unpaired) electrons. The molecule has 0 aromatic rings. The van der Waals surface area contributed by atoms with Gasteiger partial charge in [-0.1, -0.05) is 30.9 Å². The van der Waals surface area contributed by atoms with E-state index in [-0.39, 0.29) is 13.2 Å². The molecule has 2 atom stereocenters. The number of carboxylic acids is 2. The molecule has 0 aromatic heterocycles. The van der Waals surface area contributed by atoms with Gasteiger partial charge in [0, 0.05) is 6.08 Å². The fraction of sp³-hybridized carbons (Fsp3) is 0.308. The molecule has 0 heterocycles. The van der Waals surface area contributed by atoms with Gasteiger partial charge in [-0.15, -0.1) is 0 Å². The van der Waals surface area contributed by atoms with Gasteiger partial charge in [-0.05, 0) is 0 Å². The average molecular weight is 284 g/mol. The van der Waals surface area contributed by atoms with E-state index in [1.165, 1.54) is 24.3 Å². The molecular weight excluding hydrogens is 268 g/mol. The predicted molar refractivity (Wildman–Crippen MR) is 68.8 cm³/mol. The number of esters is 1. The standard InChI is InChI=1S/C8H8O4.C5H8O3/c9-7(10)5-3-1-2-4-6(5)8(11)12;1-2-5(7)8-4-3-6/h1-6H,(H,9,10)(H,11,12);2,6H,1,3-4H2. The molecule has 0 spiro atoms. The number of aliphatic hydroxyl groups is 1. The van der Waals surface area contributed by atoms with Crippen molar-refractivity contribution in [3.8, 4) is 0 Å². The molecule has 110 valence electrons. The molecular formula is C13H16O7. The monoisotopic (exact) mass is 284 g/mol. The SMILES string of the molecule is C=CC(=O)OCCO.O=C(O)C1C=CC=CC1C(=O)O. The molecule has 1 aliphatic carbocycles. The molecule has 0 saturated carbocycles. The van der Waals surface area contributed by atoms with Crippen molar-refractivity contribution in [3.05, 3.63) is 37.0 Å². The second kappa shape index (κ2) is 9.51. The smallest absolute Gasteiger partial charge is 0.330 e. The molecule has 0 saturated heterocycles. The minimum atomic E-state index is -1.11. The zero-order chi connectivity index (χ0) is 15.5.